The molecule has 1 unspecified atom stereocenters. The van der Waals surface area contributed by atoms with Crippen LogP contribution in [0, 0.1) is 5.92 Å². The molecule has 1 aliphatic heterocycles. The monoisotopic (exact) mass is 257 g/mol. The summed E-state index contributed by atoms with van der Waals surface area (Å²) >= 11 is 0. The molecular formula is C15H31NO2. The summed E-state index contributed by atoms with van der Waals surface area (Å²) in [5.74, 6) is 0.792. The Morgan fingerprint density at radius 1 is 1.22 bits per heavy atom. The minimum Gasteiger partial charge on any atom is -0.381 e. The van der Waals surface area contributed by atoms with Crippen molar-refractivity contribution in [2.24, 2.45) is 5.92 Å². The lowest BCUT2D eigenvalue weighted by atomic mass is 9.82. The van der Waals surface area contributed by atoms with Gasteiger partial charge in [-0.2, -0.15) is 0 Å². The fourth-order valence-corrected chi connectivity index (χ4v) is 2.94. The van der Waals surface area contributed by atoms with Gasteiger partial charge < -0.3 is 14.8 Å². The van der Waals surface area contributed by atoms with Crippen molar-refractivity contribution in [2.45, 2.75) is 64.5 Å². The van der Waals surface area contributed by atoms with Crippen LogP contribution in [-0.4, -0.2) is 38.5 Å². The Kier molecular flexibility index (Phi) is 7.20. The van der Waals surface area contributed by atoms with Gasteiger partial charge in [-0.05, 0) is 18.9 Å². The van der Waals surface area contributed by atoms with Crippen molar-refractivity contribution in [3.63, 3.8) is 0 Å². The number of rotatable bonds is 8. The van der Waals surface area contributed by atoms with E-state index in [-0.39, 0.29) is 5.60 Å². The van der Waals surface area contributed by atoms with Crippen LogP contribution in [0.2, 0.25) is 0 Å². The highest BCUT2D eigenvalue weighted by molar-refractivity contribution is 4.94. The van der Waals surface area contributed by atoms with Crippen molar-refractivity contribution in [2.75, 3.05) is 26.9 Å². The normalized spacial score (nSPS) is 21.2. The molecule has 1 heterocycles. The molecule has 0 aromatic rings. The molecule has 0 saturated carbocycles. The molecule has 1 N–H and O–H groups in total. The second-order valence-electron chi connectivity index (χ2n) is 5.82. The molecule has 1 fully saturated rings. The van der Waals surface area contributed by atoms with Crippen LogP contribution in [0.15, 0.2) is 0 Å². The number of hydrogen-bond donors (Lipinski definition) is 1. The lowest BCUT2D eigenvalue weighted by Gasteiger charge is -2.43. The average Bonchev–Trinajstić information content (AvgIpc) is 2.38. The zero-order valence-electron chi connectivity index (χ0n) is 12.6. The summed E-state index contributed by atoms with van der Waals surface area (Å²) in [7, 11) is 1.86. The maximum Gasteiger partial charge on any atom is 0.0874 e. The molecule has 108 valence electrons. The minimum absolute atomic E-state index is 0.00869. The van der Waals surface area contributed by atoms with Crippen LogP contribution >= 0.6 is 0 Å². The van der Waals surface area contributed by atoms with Gasteiger partial charge in [-0.1, -0.05) is 33.6 Å². The molecule has 0 aromatic carbocycles. The largest absolute Gasteiger partial charge is 0.381 e. The van der Waals surface area contributed by atoms with Gasteiger partial charge >= 0.3 is 0 Å². The Morgan fingerprint density at radius 3 is 2.39 bits per heavy atom. The SMILES string of the molecule is CCNC(CCCC(C)C)C1(OC)CCOCC1. The fraction of sp³-hybridized carbons (Fsp3) is 1.00. The van der Waals surface area contributed by atoms with Crippen LogP contribution in [-0.2, 0) is 9.47 Å². The Labute approximate surface area is 113 Å². The van der Waals surface area contributed by atoms with Crippen molar-refractivity contribution in [1.29, 1.82) is 0 Å². The zero-order valence-corrected chi connectivity index (χ0v) is 12.6. The van der Waals surface area contributed by atoms with Crippen LogP contribution in [0.3, 0.4) is 0 Å². The quantitative estimate of drug-likeness (QED) is 0.725. The summed E-state index contributed by atoms with van der Waals surface area (Å²) in [6.45, 7) is 9.45. The molecule has 0 bridgehead atoms. The van der Waals surface area contributed by atoms with Gasteiger partial charge in [-0.15, -0.1) is 0 Å². The maximum absolute atomic E-state index is 5.91. The molecule has 0 aromatic heterocycles. The summed E-state index contributed by atoms with van der Waals surface area (Å²) in [5.41, 5.74) is -0.00869. The van der Waals surface area contributed by atoms with Gasteiger partial charge in [0.2, 0.25) is 0 Å². The van der Waals surface area contributed by atoms with E-state index in [1.165, 1.54) is 19.3 Å². The first-order valence-corrected chi connectivity index (χ1v) is 7.51. The van der Waals surface area contributed by atoms with E-state index < -0.39 is 0 Å². The first kappa shape index (κ1) is 15.9. The van der Waals surface area contributed by atoms with Crippen molar-refractivity contribution in [3.8, 4) is 0 Å². The number of nitrogens with one attached hydrogen (secondary N) is 1. The van der Waals surface area contributed by atoms with E-state index in [1.807, 2.05) is 7.11 Å². The molecule has 1 aliphatic rings. The molecule has 0 aliphatic carbocycles. The van der Waals surface area contributed by atoms with Crippen molar-refractivity contribution >= 4 is 0 Å². The first-order chi connectivity index (χ1) is 8.64. The molecule has 18 heavy (non-hydrogen) atoms. The summed E-state index contributed by atoms with van der Waals surface area (Å²) in [4.78, 5) is 0. The van der Waals surface area contributed by atoms with Gasteiger partial charge in [-0.25, -0.2) is 0 Å². The van der Waals surface area contributed by atoms with Gasteiger partial charge in [0.05, 0.1) is 5.60 Å². The van der Waals surface area contributed by atoms with Gasteiger partial charge in [0.15, 0.2) is 0 Å². The van der Waals surface area contributed by atoms with Crippen molar-refractivity contribution < 1.29 is 9.47 Å². The van der Waals surface area contributed by atoms with Gasteiger partial charge in [0.25, 0.3) is 0 Å². The molecule has 3 heteroatoms. The van der Waals surface area contributed by atoms with E-state index in [9.17, 15) is 0 Å². The van der Waals surface area contributed by atoms with E-state index in [0.717, 1.165) is 38.5 Å². The Hall–Kier alpha value is -0.120. The van der Waals surface area contributed by atoms with Gasteiger partial charge in [0.1, 0.15) is 0 Å². The smallest absolute Gasteiger partial charge is 0.0874 e. The predicted octanol–water partition coefficient (Wildman–Crippen LogP) is 2.99. The highest BCUT2D eigenvalue weighted by atomic mass is 16.5. The topological polar surface area (TPSA) is 30.5 Å². The first-order valence-electron chi connectivity index (χ1n) is 7.51. The van der Waals surface area contributed by atoms with E-state index >= 15 is 0 Å². The number of ether oxygens (including phenoxy) is 2. The maximum atomic E-state index is 5.91. The summed E-state index contributed by atoms with van der Waals surface area (Å²) in [5, 5.41) is 3.64. The van der Waals surface area contributed by atoms with Crippen LogP contribution in [0.5, 0.6) is 0 Å². The zero-order chi connectivity index (χ0) is 13.4. The van der Waals surface area contributed by atoms with Crippen molar-refractivity contribution in [3.05, 3.63) is 0 Å². The van der Waals surface area contributed by atoms with Crippen molar-refractivity contribution in [1.82, 2.24) is 5.32 Å². The minimum atomic E-state index is -0.00869. The third-order valence-electron chi connectivity index (χ3n) is 4.11. The van der Waals surface area contributed by atoms with E-state index in [1.54, 1.807) is 0 Å². The number of hydrogen-bond acceptors (Lipinski definition) is 3. The van der Waals surface area contributed by atoms with Crippen LogP contribution < -0.4 is 5.32 Å². The van der Waals surface area contributed by atoms with E-state index in [0.29, 0.717) is 6.04 Å². The summed E-state index contributed by atoms with van der Waals surface area (Å²) < 4.78 is 11.4. The molecule has 1 saturated heterocycles. The lowest BCUT2D eigenvalue weighted by molar-refractivity contribution is -0.111. The van der Waals surface area contributed by atoms with Crippen LogP contribution in [0.25, 0.3) is 0 Å². The lowest BCUT2D eigenvalue weighted by Crippen LogP contribution is -2.55. The van der Waals surface area contributed by atoms with E-state index in [4.69, 9.17) is 9.47 Å². The molecule has 0 spiro atoms. The van der Waals surface area contributed by atoms with Gasteiger partial charge in [0, 0.05) is 39.2 Å². The Balaban J connectivity index is 2.56. The second-order valence-corrected chi connectivity index (χ2v) is 5.82. The third kappa shape index (κ3) is 4.52. The average molecular weight is 257 g/mol. The number of methoxy groups -OCH3 is 1. The second kappa shape index (κ2) is 8.13. The molecule has 0 radical (unpaired) electrons. The van der Waals surface area contributed by atoms with E-state index in [2.05, 4.69) is 26.1 Å². The van der Waals surface area contributed by atoms with Crippen LogP contribution in [0.1, 0.15) is 52.9 Å². The third-order valence-corrected chi connectivity index (χ3v) is 4.11. The standard InChI is InChI=1S/C15H31NO2/c1-5-16-14(8-6-7-13(2)3)15(17-4)9-11-18-12-10-15/h13-14,16H,5-12H2,1-4H3. The molecular weight excluding hydrogens is 226 g/mol. The Morgan fingerprint density at radius 2 is 1.89 bits per heavy atom. The highest BCUT2D eigenvalue weighted by Crippen LogP contribution is 2.31. The van der Waals surface area contributed by atoms with Crippen LogP contribution in [0.4, 0.5) is 0 Å². The van der Waals surface area contributed by atoms with Gasteiger partial charge in [-0.3, -0.25) is 0 Å². The number of likely N-dealkylation sites (N-methyl/N-ethyl adjacent to an activating group) is 1. The molecule has 1 atom stereocenters. The fourth-order valence-electron chi connectivity index (χ4n) is 2.94. The Bertz CT molecular complexity index is 213. The summed E-state index contributed by atoms with van der Waals surface area (Å²) in [6, 6.07) is 0.468. The predicted molar refractivity (Wildman–Crippen MR) is 75.9 cm³/mol. The summed E-state index contributed by atoms with van der Waals surface area (Å²) in [6.07, 6.45) is 5.82. The highest BCUT2D eigenvalue weighted by Gasteiger charge is 2.39. The molecule has 1 rings (SSSR count). The molecule has 3 nitrogen and oxygen atoms in total. The molecule has 0 amide bonds.